The molecule has 0 saturated heterocycles. The Kier molecular flexibility index (Phi) is 4.09. The first-order chi connectivity index (χ1) is 8.97. The molecule has 0 bridgehead atoms. The molecule has 0 atom stereocenters. The van der Waals surface area contributed by atoms with Crippen molar-refractivity contribution in [3.05, 3.63) is 35.7 Å². The van der Waals surface area contributed by atoms with Gasteiger partial charge in [0, 0.05) is 11.1 Å². The molecule has 0 aliphatic carbocycles. The van der Waals surface area contributed by atoms with Crippen LogP contribution < -0.4 is 0 Å². The lowest BCUT2D eigenvalue weighted by molar-refractivity contribution is 0.391. The van der Waals surface area contributed by atoms with Crippen molar-refractivity contribution in [2.24, 2.45) is 0 Å². The fourth-order valence-corrected chi connectivity index (χ4v) is 2.55. The number of halogens is 1. The first kappa shape index (κ1) is 14.3. The Balaban J connectivity index is 2.52. The normalized spacial score (nSPS) is 11.8. The van der Waals surface area contributed by atoms with Crippen LogP contribution in [0.5, 0.6) is 0 Å². The maximum Gasteiger partial charge on any atom is 0.164 e. The lowest BCUT2D eigenvalue weighted by atomic mass is 10.1. The highest BCUT2D eigenvalue weighted by atomic mass is 79.9. The Hall–Kier alpha value is -1.16. The first-order valence-corrected chi connectivity index (χ1v) is 7.69. The molecule has 0 aliphatic rings. The van der Waals surface area contributed by atoms with E-state index in [-0.39, 0.29) is 5.54 Å². The van der Waals surface area contributed by atoms with Gasteiger partial charge in [0.15, 0.2) is 5.82 Å². The Labute approximate surface area is 123 Å². The summed E-state index contributed by atoms with van der Waals surface area (Å²) in [5.41, 5.74) is 2.42. The zero-order chi connectivity index (χ0) is 14.0. The number of nitrogens with zero attached hydrogens (tertiary/aromatic N) is 3. The summed E-state index contributed by atoms with van der Waals surface area (Å²) in [6.07, 6.45) is 1.05. The predicted octanol–water partition coefficient (Wildman–Crippen LogP) is 4.16. The van der Waals surface area contributed by atoms with Gasteiger partial charge < -0.3 is 4.57 Å². The number of benzene rings is 1. The van der Waals surface area contributed by atoms with Crippen molar-refractivity contribution < 1.29 is 0 Å². The summed E-state index contributed by atoms with van der Waals surface area (Å²) in [4.78, 5) is 0. The van der Waals surface area contributed by atoms with E-state index >= 15 is 0 Å². The molecule has 0 unspecified atom stereocenters. The summed E-state index contributed by atoms with van der Waals surface area (Å²) in [7, 11) is 0. The molecular formula is C15H20BrN3. The van der Waals surface area contributed by atoms with Crippen LogP contribution in [0.3, 0.4) is 0 Å². The molecule has 0 radical (unpaired) electrons. The summed E-state index contributed by atoms with van der Waals surface area (Å²) in [5.74, 6) is 1.90. The van der Waals surface area contributed by atoms with Crippen LogP contribution in [0.2, 0.25) is 0 Å². The van der Waals surface area contributed by atoms with Gasteiger partial charge >= 0.3 is 0 Å². The predicted molar refractivity (Wildman–Crippen MR) is 82.5 cm³/mol. The highest BCUT2D eigenvalue weighted by molar-refractivity contribution is 9.08. The van der Waals surface area contributed by atoms with Crippen molar-refractivity contribution in [1.29, 1.82) is 0 Å². The maximum absolute atomic E-state index is 4.36. The molecule has 1 aromatic carbocycles. The monoisotopic (exact) mass is 321 g/mol. The topological polar surface area (TPSA) is 30.7 Å². The van der Waals surface area contributed by atoms with Crippen molar-refractivity contribution in [1.82, 2.24) is 14.8 Å². The lowest BCUT2D eigenvalue weighted by Gasteiger charge is -2.24. The third-order valence-corrected chi connectivity index (χ3v) is 3.64. The number of hydrogen-bond acceptors (Lipinski definition) is 2. The molecule has 102 valence electrons. The zero-order valence-corrected chi connectivity index (χ0v) is 13.5. The van der Waals surface area contributed by atoms with E-state index in [1.807, 2.05) is 0 Å². The van der Waals surface area contributed by atoms with Gasteiger partial charge in [-0.25, -0.2) is 0 Å². The molecule has 0 N–H and O–H groups in total. The van der Waals surface area contributed by atoms with Gasteiger partial charge in [-0.05, 0) is 32.8 Å². The summed E-state index contributed by atoms with van der Waals surface area (Å²) in [5, 5.41) is 9.36. The highest BCUT2D eigenvalue weighted by Crippen LogP contribution is 2.27. The maximum atomic E-state index is 4.36. The minimum absolute atomic E-state index is 0.0363. The van der Waals surface area contributed by atoms with Gasteiger partial charge in [-0.1, -0.05) is 47.1 Å². The standard InChI is InChI=1S/C15H20BrN3/c1-5-11-6-8-12(9-7-11)14-18-17-13(10-16)19(14)15(2,3)4/h6-9H,5,10H2,1-4H3. The van der Waals surface area contributed by atoms with E-state index in [1.165, 1.54) is 5.56 Å². The van der Waals surface area contributed by atoms with E-state index < -0.39 is 0 Å². The van der Waals surface area contributed by atoms with E-state index in [0.717, 1.165) is 23.6 Å². The molecule has 2 aromatic rings. The molecule has 4 heteroatoms. The van der Waals surface area contributed by atoms with Gasteiger partial charge in [-0.2, -0.15) is 0 Å². The van der Waals surface area contributed by atoms with Crippen LogP contribution in [-0.2, 0) is 17.3 Å². The Bertz CT molecular complexity index is 550. The fraction of sp³-hybridized carbons (Fsp3) is 0.467. The van der Waals surface area contributed by atoms with E-state index in [0.29, 0.717) is 5.33 Å². The molecule has 0 spiro atoms. The summed E-state index contributed by atoms with van der Waals surface area (Å²) in [6.45, 7) is 8.68. The Morgan fingerprint density at radius 2 is 1.74 bits per heavy atom. The van der Waals surface area contributed by atoms with Crippen LogP contribution in [-0.4, -0.2) is 14.8 Å². The average Bonchev–Trinajstić information content (AvgIpc) is 2.82. The molecular weight excluding hydrogens is 302 g/mol. The molecule has 0 aliphatic heterocycles. The molecule has 1 heterocycles. The van der Waals surface area contributed by atoms with Crippen LogP contribution in [0.25, 0.3) is 11.4 Å². The van der Waals surface area contributed by atoms with Crippen molar-refractivity contribution in [2.75, 3.05) is 0 Å². The molecule has 1 aromatic heterocycles. The number of hydrogen-bond donors (Lipinski definition) is 0. The quantitative estimate of drug-likeness (QED) is 0.795. The third-order valence-electron chi connectivity index (χ3n) is 3.14. The first-order valence-electron chi connectivity index (χ1n) is 6.57. The number of aromatic nitrogens is 3. The van der Waals surface area contributed by atoms with Gasteiger partial charge in [0.05, 0.1) is 5.33 Å². The van der Waals surface area contributed by atoms with Gasteiger partial charge in [-0.15, -0.1) is 10.2 Å². The zero-order valence-electron chi connectivity index (χ0n) is 11.9. The van der Waals surface area contributed by atoms with Crippen LogP contribution in [0.4, 0.5) is 0 Å². The lowest BCUT2D eigenvalue weighted by Crippen LogP contribution is -2.24. The van der Waals surface area contributed by atoms with Crippen LogP contribution in [0.1, 0.15) is 39.1 Å². The summed E-state index contributed by atoms with van der Waals surface area (Å²) < 4.78 is 2.20. The number of alkyl halides is 1. The van der Waals surface area contributed by atoms with Crippen molar-refractivity contribution in [3.63, 3.8) is 0 Å². The minimum atomic E-state index is -0.0363. The van der Waals surface area contributed by atoms with Gasteiger partial charge in [-0.3, -0.25) is 0 Å². The Morgan fingerprint density at radius 3 is 2.21 bits per heavy atom. The van der Waals surface area contributed by atoms with E-state index in [4.69, 9.17) is 0 Å². The molecule has 0 saturated carbocycles. The second-order valence-electron chi connectivity index (χ2n) is 5.63. The second-order valence-corrected chi connectivity index (χ2v) is 6.19. The van der Waals surface area contributed by atoms with Gasteiger partial charge in [0.1, 0.15) is 5.82 Å². The number of aryl methyl sites for hydroxylation is 1. The average molecular weight is 322 g/mol. The number of rotatable bonds is 3. The summed E-state index contributed by atoms with van der Waals surface area (Å²) >= 11 is 3.49. The Morgan fingerprint density at radius 1 is 1.11 bits per heavy atom. The highest BCUT2D eigenvalue weighted by Gasteiger charge is 2.23. The molecule has 0 amide bonds. The van der Waals surface area contributed by atoms with Crippen LogP contribution in [0, 0.1) is 0 Å². The van der Waals surface area contributed by atoms with Crippen molar-refractivity contribution in [2.45, 2.75) is 45.0 Å². The van der Waals surface area contributed by atoms with Crippen LogP contribution >= 0.6 is 15.9 Å². The fourth-order valence-electron chi connectivity index (χ4n) is 2.18. The van der Waals surface area contributed by atoms with E-state index in [9.17, 15) is 0 Å². The van der Waals surface area contributed by atoms with Gasteiger partial charge in [0.2, 0.25) is 0 Å². The minimum Gasteiger partial charge on any atom is -0.305 e. The van der Waals surface area contributed by atoms with Crippen molar-refractivity contribution in [3.8, 4) is 11.4 Å². The second kappa shape index (κ2) is 5.45. The molecule has 2 rings (SSSR count). The molecule has 3 nitrogen and oxygen atoms in total. The van der Waals surface area contributed by atoms with Gasteiger partial charge in [0.25, 0.3) is 0 Å². The SMILES string of the molecule is CCc1ccc(-c2nnc(CBr)n2C(C)(C)C)cc1. The van der Waals surface area contributed by atoms with Crippen LogP contribution in [0.15, 0.2) is 24.3 Å². The van der Waals surface area contributed by atoms with Crippen molar-refractivity contribution >= 4 is 15.9 Å². The largest absolute Gasteiger partial charge is 0.305 e. The summed E-state index contributed by atoms with van der Waals surface area (Å²) in [6, 6.07) is 8.57. The third kappa shape index (κ3) is 2.89. The van der Waals surface area contributed by atoms with E-state index in [2.05, 4.69) is 82.7 Å². The molecule has 0 fully saturated rings. The smallest absolute Gasteiger partial charge is 0.164 e. The molecule has 19 heavy (non-hydrogen) atoms. The van der Waals surface area contributed by atoms with E-state index in [1.54, 1.807) is 0 Å².